The van der Waals surface area contributed by atoms with Crippen molar-refractivity contribution >= 4 is 11.9 Å². The molecule has 4 N–H and O–H groups in total. The molecule has 0 fully saturated rings. The number of hydroxylamine groups is 2. The van der Waals surface area contributed by atoms with Gasteiger partial charge in [-0.3, -0.25) is 4.84 Å². The maximum atomic E-state index is 5.97. The molecule has 0 bridgehead atoms. The van der Waals surface area contributed by atoms with Crippen LogP contribution in [0.4, 0.5) is 0 Å². The molecule has 1 atom stereocenters. The van der Waals surface area contributed by atoms with Gasteiger partial charge < -0.3 is 11.5 Å². The average Bonchev–Trinajstić information content (AvgIpc) is 2.58. The Morgan fingerprint density at radius 2 is 1.61 bits per heavy atom. The van der Waals surface area contributed by atoms with E-state index >= 15 is 0 Å². The van der Waals surface area contributed by atoms with E-state index in [2.05, 4.69) is 22.1 Å². The molecule has 0 spiro atoms. The first-order chi connectivity index (χ1) is 11.2. The lowest BCUT2D eigenvalue weighted by molar-refractivity contribution is -0.129. The highest BCUT2D eigenvalue weighted by Gasteiger charge is 2.26. The van der Waals surface area contributed by atoms with Crippen LogP contribution in [0, 0.1) is 0 Å². The molecule has 118 valence electrons. The molecule has 1 aliphatic rings. The molecule has 23 heavy (non-hydrogen) atoms. The summed E-state index contributed by atoms with van der Waals surface area (Å²) in [5, 5.41) is 1.51. The van der Waals surface area contributed by atoms with Gasteiger partial charge in [0, 0.05) is 0 Å². The van der Waals surface area contributed by atoms with Crippen LogP contribution < -0.4 is 11.5 Å². The van der Waals surface area contributed by atoms with Gasteiger partial charge >= 0.3 is 0 Å². The molecule has 0 radical (unpaired) electrons. The zero-order valence-corrected chi connectivity index (χ0v) is 12.7. The summed E-state index contributed by atoms with van der Waals surface area (Å²) in [6, 6.07) is 19.8. The topological polar surface area (TPSA) is 89.2 Å². The van der Waals surface area contributed by atoms with E-state index in [1.165, 1.54) is 10.6 Å². The second-order valence-electron chi connectivity index (χ2n) is 5.14. The number of guanidine groups is 2. The van der Waals surface area contributed by atoms with Gasteiger partial charge in [-0.15, -0.1) is 0 Å². The third-order valence-corrected chi connectivity index (χ3v) is 3.49. The Hall–Kier alpha value is -2.86. The fraction of sp³-hybridized carbons (Fsp3) is 0.176. The van der Waals surface area contributed by atoms with Gasteiger partial charge in [-0.2, -0.15) is 10.1 Å². The van der Waals surface area contributed by atoms with E-state index in [1.54, 1.807) is 0 Å². The molecule has 0 aliphatic carbocycles. The van der Waals surface area contributed by atoms with Crippen molar-refractivity contribution < 1.29 is 4.84 Å². The first-order valence-corrected chi connectivity index (χ1v) is 7.42. The van der Waals surface area contributed by atoms with Crippen LogP contribution in [0.25, 0.3) is 0 Å². The molecule has 0 saturated carbocycles. The van der Waals surface area contributed by atoms with Gasteiger partial charge in [-0.1, -0.05) is 60.7 Å². The molecule has 0 aromatic heterocycles. The number of hydrogen-bond donors (Lipinski definition) is 2. The minimum atomic E-state index is -0.426. The maximum absolute atomic E-state index is 5.97. The van der Waals surface area contributed by atoms with E-state index in [0.717, 1.165) is 12.0 Å². The summed E-state index contributed by atoms with van der Waals surface area (Å²) < 4.78 is 0. The number of rotatable bonds is 5. The lowest BCUT2D eigenvalue weighted by Crippen LogP contribution is -2.44. The van der Waals surface area contributed by atoms with Crippen LogP contribution in [-0.2, 0) is 11.3 Å². The SMILES string of the molecule is NC1=NC(c2ccccc2)N(OCCc2ccccc2)C(N)=N1. The third kappa shape index (κ3) is 3.67. The lowest BCUT2D eigenvalue weighted by atomic mass is 10.1. The summed E-state index contributed by atoms with van der Waals surface area (Å²) >= 11 is 0. The van der Waals surface area contributed by atoms with Gasteiger partial charge in [0.1, 0.15) is 0 Å². The quantitative estimate of drug-likeness (QED) is 0.881. The molecule has 0 saturated heterocycles. The highest BCUT2D eigenvalue weighted by molar-refractivity contribution is 5.94. The van der Waals surface area contributed by atoms with E-state index in [9.17, 15) is 0 Å². The lowest BCUT2D eigenvalue weighted by Gasteiger charge is -2.31. The fourth-order valence-corrected chi connectivity index (χ4v) is 2.38. The summed E-state index contributed by atoms with van der Waals surface area (Å²) in [6.07, 6.45) is 0.343. The smallest absolute Gasteiger partial charge is 0.226 e. The van der Waals surface area contributed by atoms with Crippen LogP contribution in [0.3, 0.4) is 0 Å². The summed E-state index contributed by atoms with van der Waals surface area (Å²) in [6.45, 7) is 0.471. The average molecular weight is 309 g/mol. The van der Waals surface area contributed by atoms with Crippen molar-refractivity contribution in [3.63, 3.8) is 0 Å². The zero-order chi connectivity index (χ0) is 16.1. The Balaban J connectivity index is 1.71. The molecule has 1 heterocycles. The van der Waals surface area contributed by atoms with Crippen LogP contribution in [0.15, 0.2) is 70.6 Å². The predicted octanol–water partition coefficient (Wildman–Crippen LogP) is 1.80. The Bertz CT molecular complexity index is 699. The van der Waals surface area contributed by atoms with Crippen molar-refractivity contribution in [1.29, 1.82) is 0 Å². The van der Waals surface area contributed by atoms with Crippen LogP contribution in [0.5, 0.6) is 0 Å². The first kappa shape index (κ1) is 15.1. The summed E-state index contributed by atoms with van der Waals surface area (Å²) in [5.41, 5.74) is 13.8. The molecule has 0 amide bonds. The zero-order valence-electron chi connectivity index (χ0n) is 12.7. The predicted molar refractivity (Wildman–Crippen MR) is 90.4 cm³/mol. The van der Waals surface area contributed by atoms with Crippen LogP contribution in [-0.4, -0.2) is 23.6 Å². The minimum Gasteiger partial charge on any atom is -0.368 e. The Morgan fingerprint density at radius 3 is 2.30 bits per heavy atom. The van der Waals surface area contributed by atoms with Crippen molar-refractivity contribution in [2.24, 2.45) is 21.5 Å². The van der Waals surface area contributed by atoms with Crippen molar-refractivity contribution in [3.8, 4) is 0 Å². The van der Waals surface area contributed by atoms with Gasteiger partial charge in [-0.05, 0) is 17.5 Å². The molecule has 2 aromatic carbocycles. The van der Waals surface area contributed by atoms with E-state index in [1.807, 2.05) is 48.5 Å². The second-order valence-corrected chi connectivity index (χ2v) is 5.14. The molecule has 3 rings (SSSR count). The van der Waals surface area contributed by atoms with Crippen LogP contribution >= 0.6 is 0 Å². The second kappa shape index (κ2) is 6.93. The molecule has 1 aliphatic heterocycles. The monoisotopic (exact) mass is 309 g/mol. The molecular weight excluding hydrogens is 290 g/mol. The number of nitrogens with two attached hydrogens (primary N) is 2. The van der Waals surface area contributed by atoms with E-state index in [-0.39, 0.29) is 11.9 Å². The number of nitrogens with zero attached hydrogens (tertiary/aromatic N) is 3. The Kier molecular flexibility index (Phi) is 4.54. The number of benzene rings is 2. The van der Waals surface area contributed by atoms with E-state index < -0.39 is 6.17 Å². The van der Waals surface area contributed by atoms with Crippen LogP contribution in [0.1, 0.15) is 17.3 Å². The van der Waals surface area contributed by atoms with Gasteiger partial charge in [0.25, 0.3) is 0 Å². The van der Waals surface area contributed by atoms with E-state index in [0.29, 0.717) is 6.61 Å². The van der Waals surface area contributed by atoms with Gasteiger partial charge in [-0.25, -0.2) is 4.99 Å². The molecule has 2 aromatic rings. The Morgan fingerprint density at radius 1 is 0.957 bits per heavy atom. The number of aliphatic imine (C=N–C) groups is 2. The number of hydrogen-bond acceptors (Lipinski definition) is 6. The van der Waals surface area contributed by atoms with Gasteiger partial charge in [0.15, 0.2) is 6.17 Å². The minimum absolute atomic E-state index is 0.152. The fourth-order valence-electron chi connectivity index (χ4n) is 2.38. The summed E-state index contributed by atoms with van der Waals surface area (Å²) in [4.78, 5) is 14.2. The largest absolute Gasteiger partial charge is 0.368 e. The standard InChI is InChI=1S/C17H19N5O/c18-16-20-15(14-9-5-2-6-10-14)22(17(19)21-16)23-12-11-13-7-3-1-4-8-13/h1-10,15H,11-12H2,(H4,18,19,20,21). The van der Waals surface area contributed by atoms with E-state index in [4.69, 9.17) is 16.3 Å². The molecular formula is C17H19N5O. The van der Waals surface area contributed by atoms with Crippen molar-refractivity contribution in [2.45, 2.75) is 12.6 Å². The Labute approximate surface area is 135 Å². The first-order valence-electron chi connectivity index (χ1n) is 7.42. The van der Waals surface area contributed by atoms with Crippen molar-refractivity contribution in [1.82, 2.24) is 5.06 Å². The van der Waals surface area contributed by atoms with Crippen LogP contribution in [0.2, 0.25) is 0 Å². The highest BCUT2D eigenvalue weighted by Crippen LogP contribution is 2.24. The van der Waals surface area contributed by atoms with Gasteiger partial charge in [0.05, 0.1) is 6.61 Å². The molecule has 6 heteroatoms. The summed E-state index contributed by atoms with van der Waals surface area (Å²) in [7, 11) is 0. The third-order valence-electron chi connectivity index (χ3n) is 3.49. The normalized spacial score (nSPS) is 17.6. The van der Waals surface area contributed by atoms with Crippen molar-refractivity contribution in [3.05, 3.63) is 71.8 Å². The van der Waals surface area contributed by atoms with Crippen molar-refractivity contribution in [2.75, 3.05) is 6.61 Å². The molecule has 1 unspecified atom stereocenters. The molecule has 6 nitrogen and oxygen atoms in total. The van der Waals surface area contributed by atoms with Gasteiger partial charge in [0.2, 0.25) is 11.9 Å². The maximum Gasteiger partial charge on any atom is 0.226 e. The highest BCUT2D eigenvalue weighted by atomic mass is 16.7. The summed E-state index contributed by atoms with van der Waals surface area (Å²) in [5.74, 6) is 0.360.